The number of hydrogen-bond donors (Lipinski definition) is 0. The topological polar surface area (TPSA) is 38.8 Å². The van der Waals surface area contributed by atoms with E-state index in [0.29, 0.717) is 19.8 Å². The largest absolute Gasteiger partial charge is 0.448 e. The number of morpholine rings is 1. The van der Waals surface area contributed by atoms with E-state index in [4.69, 9.17) is 15.9 Å². The molecular weight excluding hydrogens is 422 g/mol. The van der Waals surface area contributed by atoms with Crippen LogP contribution >= 0.6 is 0 Å². The highest BCUT2D eigenvalue weighted by Gasteiger charge is 2.39. The lowest BCUT2D eigenvalue weighted by molar-refractivity contribution is -0.0331. The van der Waals surface area contributed by atoms with Crippen LogP contribution in [-0.4, -0.2) is 42.9 Å². The lowest BCUT2D eigenvalue weighted by atomic mass is 9.90. The van der Waals surface area contributed by atoms with Gasteiger partial charge in [-0.3, -0.25) is 4.90 Å². The Hall–Kier alpha value is -3.81. The van der Waals surface area contributed by atoms with Gasteiger partial charge in [-0.25, -0.2) is 4.79 Å². The van der Waals surface area contributed by atoms with Crippen molar-refractivity contribution < 1.29 is 14.3 Å². The summed E-state index contributed by atoms with van der Waals surface area (Å²) in [5.74, 6) is 2.71. The minimum absolute atomic E-state index is 0.0401. The van der Waals surface area contributed by atoms with Gasteiger partial charge >= 0.3 is 6.09 Å². The second kappa shape index (κ2) is 8.52. The van der Waals surface area contributed by atoms with Crippen LogP contribution in [0.4, 0.5) is 4.79 Å². The van der Waals surface area contributed by atoms with Crippen LogP contribution in [0, 0.1) is 12.3 Å². The predicted molar refractivity (Wildman–Crippen MR) is 132 cm³/mol. The molecule has 4 nitrogen and oxygen atoms in total. The van der Waals surface area contributed by atoms with Gasteiger partial charge in [-0.2, -0.15) is 0 Å². The first-order chi connectivity index (χ1) is 16.7. The third-order valence-corrected chi connectivity index (χ3v) is 7.17. The minimum Gasteiger partial charge on any atom is -0.448 e. The number of benzene rings is 3. The molecule has 6 rings (SSSR count). The van der Waals surface area contributed by atoms with Crippen LogP contribution in [0.15, 0.2) is 78.9 Å². The maximum atomic E-state index is 13.3. The van der Waals surface area contributed by atoms with Crippen molar-refractivity contribution in [3.05, 3.63) is 101 Å². The fraction of sp³-hybridized carbons (Fsp3) is 0.233. The number of ether oxygens (including phenoxy) is 2. The Kier molecular flexibility index (Phi) is 5.20. The van der Waals surface area contributed by atoms with Crippen molar-refractivity contribution in [2.45, 2.75) is 24.4 Å². The van der Waals surface area contributed by atoms with E-state index in [0.717, 1.165) is 17.5 Å². The molecule has 1 saturated heterocycles. The van der Waals surface area contributed by atoms with Crippen molar-refractivity contribution in [3.8, 4) is 23.5 Å². The Labute approximate surface area is 199 Å². The molecule has 0 aromatic heterocycles. The fourth-order valence-corrected chi connectivity index (χ4v) is 5.54. The number of carbonyl (C=O) groups is 1. The average Bonchev–Trinajstić information content (AvgIpc) is 3.20. The molecule has 1 fully saturated rings. The van der Waals surface area contributed by atoms with E-state index in [2.05, 4.69) is 60.5 Å². The van der Waals surface area contributed by atoms with Gasteiger partial charge in [0.25, 0.3) is 0 Å². The first-order valence-electron chi connectivity index (χ1n) is 11.7. The van der Waals surface area contributed by atoms with Crippen molar-refractivity contribution in [1.29, 1.82) is 0 Å². The van der Waals surface area contributed by atoms with Crippen LogP contribution in [-0.2, 0) is 9.47 Å². The van der Waals surface area contributed by atoms with Crippen molar-refractivity contribution in [3.63, 3.8) is 0 Å². The minimum atomic E-state index is -0.266. The van der Waals surface area contributed by atoms with Gasteiger partial charge in [0, 0.05) is 11.5 Å². The van der Waals surface area contributed by atoms with E-state index in [1.54, 1.807) is 0 Å². The van der Waals surface area contributed by atoms with Gasteiger partial charge in [0.2, 0.25) is 0 Å². The van der Waals surface area contributed by atoms with Crippen molar-refractivity contribution >= 4 is 11.7 Å². The zero-order chi connectivity index (χ0) is 23.1. The Bertz CT molecular complexity index is 1270. The molecule has 2 atom stereocenters. The third-order valence-electron chi connectivity index (χ3n) is 7.17. The molecule has 1 aliphatic carbocycles. The van der Waals surface area contributed by atoms with Crippen LogP contribution in [0.25, 0.3) is 16.7 Å². The second-order valence-electron chi connectivity index (χ2n) is 9.09. The van der Waals surface area contributed by atoms with Crippen LogP contribution in [0.1, 0.15) is 34.6 Å². The quantitative estimate of drug-likeness (QED) is 0.500. The number of terminal acetylenes is 1. The summed E-state index contributed by atoms with van der Waals surface area (Å²) in [5.41, 5.74) is 8.13. The van der Waals surface area contributed by atoms with E-state index >= 15 is 0 Å². The van der Waals surface area contributed by atoms with E-state index < -0.39 is 0 Å². The monoisotopic (exact) mass is 447 g/mol. The Morgan fingerprint density at radius 2 is 1.65 bits per heavy atom. The van der Waals surface area contributed by atoms with Gasteiger partial charge in [0.1, 0.15) is 6.61 Å². The zero-order valence-electron chi connectivity index (χ0n) is 18.8. The van der Waals surface area contributed by atoms with Crippen molar-refractivity contribution in [1.82, 2.24) is 4.90 Å². The summed E-state index contributed by atoms with van der Waals surface area (Å²) in [7, 11) is 0. The van der Waals surface area contributed by atoms with Gasteiger partial charge in [0.05, 0.1) is 25.3 Å². The molecule has 0 N–H and O–H groups in total. The highest BCUT2D eigenvalue weighted by atomic mass is 16.6. The molecule has 34 heavy (non-hydrogen) atoms. The third kappa shape index (κ3) is 3.50. The van der Waals surface area contributed by atoms with Gasteiger partial charge in [-0.05, 0) is 51.9 Å². The van der Waals surface area contributed by atoms with Gasteiger partial charge in [-0.15, -0.1) is 6.42 Å². The number of nitrogens with zero attached hydrogens (tertiary/aromatic N) is 1. The Morgan fingerprint density at radius 3 is 2.29 bits per heavy atom. The van der Waals surface area contributed by atoms with E-state index in [-0.39, 0.29) is 24.1 Å². The molecular formula is C30H25NO3. The summed E-state index contributed by atoms with van der Waals surface area (Å²) in [6.45, 7) is 1.32. The molecule has 3 aromatic carbocycles. The van der Waals surface area contributed by atoms with Gasteiger partial charge < -0.3 is 9.47 Å². The smallest absolute Gasteiger partial charge is 0.410 e. The predicted octanol–water partition coefficient (Wildman–Crippen LogP) is 5.47. The number of amides is 1. The molecule has 2 aliphatic heterocycles. The molecule has 0 saturated carbocycles. The SMILES string of the molecule is C#Cc1ccc(C2=CC3COCC(C2)N3C(=O)OCC2c3ccccc3-c3ccccc32)cc1. The zero-order valence-corrected chi connectivity index (χ0v) is 18.8. The lowest BCUT2D eigenvalue weighted by Crippen LogP contribution is -2.56. The van der Waals surface area contributed by atoms with Crippen LogP contribution in [0.5, 0.6) is 0 Å². The normalized spacial score (nSPS) is 20.7. The number of rotatable bonds is 3. The summed E-state index contributed by atoms with van der Waals surface area (Å²) in [4.78, 5) is 15.2. The summed E-state index contributed by atoms with van der Waals surface area (Å²) in [5, 5.41) is 0. The summed E-state index contributed by atoms with van der Waals surface area (Å²) in [6, 6.07) is 24.6. The van der Waals surface area contributed by atoms with E-state index in [9.17, 15) is 4.79 Å². The number of hydrogen-bond acceptors (Lipinski definition) is 3. The first-order valence-corrected chi connectivity index (χ1v) is 11.7. The van der Waals surface area contributed by atoms with Crippen molar-refractivity contribution in [2.75, 3.05) is 19.8 Å². The fourth-order valence-electron chi connectivity index (χ4n) is 5.54. The molecule has 4 heteroatoms. The molecule has 3 aliphatic rings. The van der Waals surface area contributed by atoms with Gasteiger partial charge in [0.15, 0.2) is 0 Å². The molecule has 3 aromatic rings. The first kappa shape index (κ1) is 20.8. The molecule has 1 amide bonds. The van der Waals surface area contributed by atoms with Crippen molar-refractivity contribution in [2.24, 2.45) is 0 Å². The second-order valence-corrected chi connectivity index (χ2v) is 9.09. The summed E-state index contributed by atoms with van der Waals surface area (Å²) >= 11 is 0. The molecule has 0 spiro atoms. The van der Waals surface area contributed by atoms with Crippen LogP contribution < -0.4 is 0 Å². The molecule has 2 heterocycles. The molecule has 2 bridgehead atoms. The Morgan fingerprint density at radius 1 is 0.971 bits per heavy atom. The highest BCUT2D eigenvalue weighted by molar-refractivity contribution is 5.79. The summed E-state index contributed by atoms with van der Waals surface area (Å²) < 4.78 is 11.8. The number of fused-ring (bicyclic) bond motifs is 5. The number of carbonyl (C=O) groups excluding carboxylic acids is 1. The summed E-state index contributed by atoms with van der Waals surface area (Å²) in [6.07, 6.45) is 8.10. The highest BCUT2D eigenvalue weighted by Crippen LogP contribution is 2.44. The standard InChI is InChI=1S/C30H25NO3/c1-2-20-11-13-21(14-12-20)22-15-23-17-33-18-24(16-22)31(23)30(32)34-19-29-27-9-5-3-7-25(27)26-8-4-6-10-28(26)29/h1,3-15,23-24,29H,16-19H2. The van der Waals surface area contributed by atoms with Crippen LogP contribution in [0.3, 0.4) is 0 Å². The van der Waals surface area contributed by atoms with Crippen LogP contribution in [0.2, 0.25) is 0 Å². The Balaban J connectivity index is 1.21. The average molecular weight is 448 g/mol. The maximum absolute atomic E-state index is 13.3. The molecule has 0 radical (unpaired) electrons. The molecule has 2 unspecified atom stereocenters. The van der Waals surface area contributed by atoms with E-state index in [1.165, 1.54) is 27.8 Å². The molecule has 168 valence electrons. The lowest BCUT2D eigenvalue weighted by Gasteiger charge is -2.44. The van der Waals surface area contributed by atoms with E-state index in [1.807, 2.05) is 29.2 Å². The van der Waals surface area contributed by atoms with Gasteiger partial charge in [-0.1, -0.05) is 72.7 Å². The maximum Gasteiger partial charge on any atom is 0.410 e.